The number of halogens is 1. The Morgan fingerprint density at radius 2 is 2.30 bits per heavy atom. The highest BCUT2D eigenvalue weighted by atomic mass is 79.9. The third-order valence-electron chi connectivity index (χ3n) is 3.30. The Kier molecular flexibility index (Phi) is 5.20. The molecule has 0 unspecified atom stereocenters. The van der Waals surface area contributed by atoms with Crippen LogP contribution in [0.5, 0.6) is 0 Å². The van der Waals surface area contributed by atoms with E-state index in [1.165, 1.54) is 0 Å². The minimum atomic E-state index is -0.845. The number of hydrogen-bond donors (Lipinski definition) is 1. The molecule has 0 spiro atoms. The van der Waals surface area contributed by atoms with Gasteiger partial charge in [0.25, 0.3) is 0 Å². The molecule has 1 aliphatic rings. The van der Waals surface area contributed by atoms with Crippen molar-refractivity contribution < 1.29 is 14.6 Å². The molecule has 0 aliphatic carbocycles. The second-order valence-electron chi connectivity index (χ2n) is 4.61. The number of fused-ring (bicyclic) bond motifs is 1. The van der Waals surface area contributed by atoms with Crippen molar-refractivity contribution in [2.75, 3.05) is 31.2 Å². The summed E-state index contributed by atoms with van der Waals surface area (Å²) in [4.78, 5) is 13.4. The molecule has 0 bridgehead atoms. The van der Waals surface area contributed by atoms with E-state index in [0.29, 0.717) is 31.8 Å². The Labute approximate surface area is 127 Å². The first kappa shape index (κ1) is 15.1. The molecular weight excluding hydrogens is 322 g/mol. The molecule has 1 aliphatic heterocycles. The lowest BCUT2D eigenvalue weighted by molar-refractivity contribution is -0.132. The molecule has 1 N–H and O–H groups in total. The Morgan fingerprint density at radius 3 is 3.00 bits per heavy atom. The number of anilines is 1. The number of hydrogen-bond acceptors (Lipinski definition) is 3. The van der Waals surface area contributed by atoms with Crippen LogP contribution in [0.15, 0.2) is 28.2 Å². The second kappa shape index (κ2) is 6.90. The maximum Gasteiger partial charge on any atom is 0.331 e. The van der Waals surface area contributed by atoms with Crippen LogP contribution in [0.3, 0.4) is 0 Å². The third kappa shape index (κ3) is 3.61. The van der Waals surface area contributed by atoms with Gasteiger partial charge < -0.3 is 14.7 Å². The molecule has 0 fully saturated rings. The van der Waals surface area contributed by atoms with Crippen LogP contribution in [0.25, 0.3) is 6.08 Å². The van der Waals surface area contributed by atoms with Gasteiger partial charge in [-0.3, -0.25) is 0 Å². The summed E-state index contributed by atoms with van der Waals surface area (Å²) >= 11 is 3.44. The summed E-state index contributed by atoms with van der Waals surface area (Å²) in [5, 5.41) is 9.24. The van der Waals surface area contributed by atoms with Gasteiger partial charge in [-0.15, -0.1) is 0 Å². The van der Waals surface area contributed by atoms with Crippen molar-refractivity contribution in [3.8, 4) is 0 Å². The summed E-state index contributed by atoms with van der Waals surface area (Å²) in [6.07, 6.45) is 2.30. The minimum absolute atomic E-state index is 0.447. The van der Waals surface area contributed by atoms with Crippen molar-refractivity contribution in [3.05, 3.63) is 33.8 Å². The van der Waals surface area contributed by atoms with Gasteiger partial charge in [-0.2, -0.15) is 0 Å². The number of nitrogens with zero attached hydrogens (tertiary/aromatic N) is 1. The highest BCUT2D eigenvalue weighted by Crippen LogP contribution is 2.30. The molecule has 20 heavy (non-hydrogen) atoms. The van der Waals surface area contributed by atoms with Crippen LogP contribution in [0, 0.1) is 0 Å². The first-order valence-corrected chi connectivity index (χ1v) is 7.47. The highest BCUT2D eigenvalue weighted by molar-refractivity contribution is 9.10. The molecule has 1 heterocycles. The standard InChI is InChI=1S/C15H18BrNO3/c1-2-20-8-7-17-6-5-11(15(18)19)9-12-10-13(16)3-4-14(12)17/h3-4,9-10H,2,5-8H2,1H3,(H,18,19). The third-order valence-corrected chi connectivity index (χ3v) is 3.79. The zero-order valence-corrected chi connectivity index (χ0v) is 13.0. The van der Waals surface area contributed by atoms with E-state index >= 15 is 0 Å². The molecule has 108 valence electrons. The van der Waals surface area contributed by atoms with Crippen molar-refractivity contribution in [3.63, 3.8) is 0 Å². The minimum Gasteiger partial charge on any atom is -0.478 e. The fourth-order valence-electron chi connectivity index (χ4n) is 2.28. The first-order valence-electron chi connectivity index (χ1n) is 6.68. The van der Waals surface area contributed by atoms with Crippen LogP contribution in [-0.2, 0) is 9.53 Å². The van der Waals surface area contributed by atoms with Gasteiger partial charge >= 0.3 is 5.97 Å². The summed E-state index contributed by atoms with van der Waals surface area (Å²) in [5.74, 6) is -0.845. The van der Waals surface area contributed by atoms with Gasteiger partial charge in [-0.25, -0.2) is 4.79 Å². The van der Waals surface area contributed by atoms with E-state index in [1.54, 1.807) is 6.08 Å². The number of rotatable bonds is 5. The quantitative estimate of drug-likeness (QED) is 0.837. The van der Waals surface area contributed by atoms with Crippen molar-refractivity contribution >= 4 is 33.7 Å². The summed E-state index contributed by atoms with van der Waals surface area (Å²) in [5.41, 5.74) is 2.44. The average Bonchev–Trinajstić information content (AvgIpc) is 2.58. The lowest BCUT2D eigenvalue weighted by atomic mass is 10.1. The van der Waals surface area contributed by atoms with E-state index < -0.39 is 5.97 Å². The largest absolute Gasteiger partial charge is 0.478 e. The van der Waals surface area contributed by atoms with Gasteiger partial charge in [-0.1, -0.05) is 15.9 Å². The molecule has 1 aromatic carbocycles. The van der Waals surface area contributed by atoms with E-state index in [9.17, 15) is 9.90 Å². The number of ether oxygens (including phenoxy) is 1. The molecule has 0 radical (unpaired) electrons. The van der Waals surface area contributed by atoms with Crippen molar-refractivity contribution in [2.24, 2.45) is 0 Å². The fraction of sp³-hybridized carbons (Fsp3) is 0.400. The van der Waals surface area contributed by atoms with Gasteiger partial charge in [0.05, 0.1) is 6.61 Å². The topological polar surface area (TPSA) is 49.8 Å². The highest BCUT2D eigenvalue weighted by Gasteiger charge is 2.18. The van der Waals surface area contributed by atoms with E-state index in [1.807, 2.05) is 25.1 Å². The van der Waals surface area contributed by atoms with Crippen LogP contribution < -0.4 is 4.90 Å². The smallest absolute Gasteiger partial charge is 0.331 e. The van der Waals surface area contributed by atoms with E-state index in [4.69, 9.17) is 4.74 Å². The van der Waals surface area contributed by atoms with Crippen LogP contribution in [-0.4, -0.2) is 37.4 Å². The first-order chi connectivity index (χ1) is 9.61. The van der Waals surface area contributed by atoms with Crippen LogP contribution >= 0.6 is 15.9 Å². The molecule has 0 atom stereocenters. The Morgan fingerprint density at radius 1 is 1.50 bits per heavy atom. The fourth-order valence-corrected chi connectivity index (χ4v) is 2.66. The molecule has 2 rings (SSSR count). The molecule has 5 heteroatoms. The Hall–Kier alpha value is -1.33. The van der Waals surface area contributed by atoms with E-state index in [2.05, 4.69) is 20.8 Å². The maximum absolute atomic E-state index is 11.2. The van der Waals surface area contributed by atoms with Crippen molar-refractivity contribution in [1.82, 2.24) is 0 Å². The Balaban J connectivity index is 2.29. The van der Waals surface area contributed by atoms with Gasteiger partial charge in [0, 0.05) is 35.4 Å². The van der Waals surface area contributed by atoms with Gasteiger partial charge in [0.2, 0.25) is 0 Å². The van der Waals surface area contributed by atoms with E-state index in [-0.39, 0.29) is 0 Å². The molecular formula is C15H18BrNO3. The summed E-state index contributed by atoms with van der Waals surface area (Å²) < 4.78 is 6.35. The summed E-state index contributed by atoms with van der Waals surface area (Å²) in [6.45, 7) is 4.77. The summed E-state index contributed by atoms with van der Waals surface area (Å²) in [7, 11) is 0. The van der Waals surface area contributed by atoms with Crippen LogP contribution in [0.2, 0.25) is 0 Å². The molecule has 0 amide bonds. The van der Waals surface area contributed by atoms with Gasteiger partial charge in [-0.05, 0) is 43.2 Å². The predicted molar refractivity (Wildman–Crippen MR) is 83.1 cm³/mol. The normalized spacial score (nSPS) is 14.5. The van der Waals surface area contributed by atoms with Gasteiger partial charge in [0.1, 0.15) is 0 Å². The number of aliphatic carboxylic acids is 1. The lowest BCUT2D eigenvalue weighted by Crippen LogP contribution is -2.29. The SMILES string of the molecule is CCOCCN1CCC(C(=O)O)=Cc2cc(Br)ccc21. The van der Waals surface area contributed by atoms with Crippen LogP contribution in [0.4, 0.5) is 5.69 Å². The second-order valence-corrected chi connectivity index (χ2v) is 5.53. The zero-order valence-electron chi connectivity index (χ0n) is 11.4. The number of carboxylic acids is 1. The van der Waals surface area contributed by atoms with Gasteiger partial charge in [0.15, 0.2) is 0 Å². The zero-order chi connectivity index (χ0) is 14.5. The molecule has 0 aromatic heterocycles. The number of benzene rings is 1. The average molecular weight is 340 g/mol. The maximum atomic E-state index is 11.2. The van der Waals surface area contributed by atoms with Crippen LogP contribution in [0.1, 0.15) is 18.9 Å². The van der Waals surface area contributed by atoms with Crippen molar-refractivity contribution in [1.29, 1.82) is 0 Å². The molecule has 0 saturated carbocycles. The monoisotopic (exact) mass is 339 g/mol. The van der Waals surface area contributed by atoms with E-state index in [0.717, 1.165) is 22.3 Å². The number of carboxylic acid groups (broad SMARTS) is 1. The Bertz CT molecular complexity index is 528. The summed E-state index contributed by atoms with van der Waals surface area (Å²) in [6, 6.07) is 5.95. The number of carbonyl (C=O) groups is 1. The lowest BCUT2D eigenvalue weighted by Gasteiger charge is -2.25. The predicted octanol–water partition coefficient (Wildman–Crippen LogP) is 3.16. The molecule has 0 saturated heterocycles. The molecule has 4 nitrogen and oxygen atoms in total. The van der Waals surface area contributed by atoms with Crippen molar-refractivity contribution in [2.45, 2.75) is 13.3 Å². The molecule has 1 aromatic rings.